The lowest BCUT2D eigenvalue weighted by atomic mass is 9.80. The van der Waals surface area contributed by atoms with Crippen molar-refractivity contribution in [3.8, 4) is 0 Å². The van der Waals surface area contributed by atoms with Gasteiger partial charge in [0.05, 0.1) is 0 Å². The number of carbonyl (C=O) groups is 2. The first-order valence-electron chi connectivity index (χ1n) is 11.0. The number of fused-ring (bicyclic) bond motifs is 1. The van der Waals surface area contributed by atoms with Crippen LogP contribution in [0.15, 0.2) is 18.2 Å². The van der Waals surface area contributed by atoms with E-state index in [-0.39, 0.29) is 23.9 Å². The van der Waals surface area contributed by atoms with Crippen LogP contribution < -0.4 is 10.6 Å². The predicted octanol–water partition coefficient (Wildman–Crippen LogP) is 4.63. The third-order valence-corrected chi connectivity index (χ3v) is 5.29. The average molecular weight is 404 g/mol. The summed E-state index contributed by atoms with van der Waals surface area (Å²) in [5.41, 5.74) is 7.85. The zero-order valence-corrected chi connectivity index (χ0v) is 19.7. The zero-order valence-electron chi connectivity index (χ0n) is 19.7. The summed E-state index contributed by atoms with van der Waals surface area (Å²) in [6.45, 7) is 17.3. The van der Waals surface area contributed by atoms with Gasteiger partial charge >= 0.3 is 0 Å². The first-order chi connectivity index (χ1) is 13.5. The first kappa shape index (κ1) is 25.2. The van der Waals surface area contributed by atoms with Crippen molar-refractivity contribution in [3.63, 3.8) is 0 Å². The maximum atomic E-state index is 13.1. The standard InChI is InChI=1S/C21H33N3O2.C3H8/c1-7-15(4)24(14(2)3)19(25)16-8-9-17-13-21(5,6)20(26)23(11-10-22)18(17)12-16;1-3-2/h8-9,12,14-15H,7,10-11,13,22H2,1-6H3;3H2,1-2H3/t15-;/m1./s1. The maximum absolute atomic E-state index is 13.1. The second kappa shape index (κ2) is 10.8. The van der Waals surface area contributed by atoms with E-state index < -0.39 is 5.41 Å². The summed E-state index contributed by atoms with van der Waals surface area (Å²) in [5, 5.41) is 0. The van der Waals surface area contributed by atoms with Gasteiger partial charge in [-0.2, -0.15) is 0 Å². The summed E-state index contributed by atoms with van der Waals surface area (Å²) in [6.07, 6.45) is 2.83. The van der Waals surface area contributed by atoms with Crippen molar-refractivity contribution < 1.29 is 9.59 Å². The maximum Gasteiger partial charge on any atom is 0.254 e. The number of nitrogens with zero attached hydrogens (tertiary/aromatic N) is 2. The van der Waals surface area contributed by atoms with E-state index in [4.69, 9.17) is 5.73 Å². The Balaban J connectivity index is 0.00000132. The van der Waals surface area contributed by atoms with Gasteiger partial charge in [0.25, 0.3) is 5.91 Å². The molecule has 0 saturated heterocycles. The smallest absolute Gasteiger partial charge is 0.254 e. The Morgan fingerprint density at radius 2 is 1.79 bits per heavy atom. The molecule has 1 aromatic carbocycles. The minimum atomic E-state index is -0.450. The fourth-order valence-electron chi connectivity index (χ4n) is 3.76. The van der Waals surface area contributed by atoms with Crippen molar-refractivity contribution in [1.29, 1.82) is 0 Å². The molecule has 29 heavy (non-hydrogen) atoms. The van der Waals surface area contributed by atoms with E-state index in [9.17, 15) is 9.59 Å². The van der Waals surface area contributed by atoms with Gasteiger partial charge in [-0.15, -0.1) is 0 Å². The molecule has 2 N–H and O–H groups in total. The minimum absolute atomic E-state index is 0.0159. The quantitative estimate of drug-likeness (QED) is 0.753. The Morgan fingerprint density at radius 3 is 2.28 bits per heavy atom. The SMILES string of the molecule is CCC.CC[C@@H](C)N(C(=O)c1ccc2c(c1)N(CCN)C(=O)C(C)(C)C2)C(C)C. The van der Waals surface area contributed by atoms with E-state index in [1.165, 1.54) is 6.42 Å². The fourth-order valence-corrected chi connectivity index (χ4v) is 3.76. The summed E-state index contributed by atoms with van der Waals surface area (Å²) in [5.74, 6) is 0.0878. The molecule has 2 rings (SSSR count). The van der Waals surface area contributed by atoms with Crippen LogP contribution in [-0.2, 0) is 11.2 Å². The van der Waals surface area contributed by atoms with Gasteiger partial charge in [-0.1, -0.05) is 47.1 Å². The van der Waals surface area contributed by atoms with E-state index >= 15 is 0 Å². The predicted molar refractivity (Wildman–Crippen MR) is 122 cm³/mol. The van der Waals surface area contributed by atoms with Crippen molar-refractivity contribution in [2.24, 2.45) is 11.1 Å². The molecule has 1 heterocycles. The molecule has 0 aromatic heterocycles. The van der Waals surface area contributed by atoms with E-state index in [1.807, 2.05) is 50.8 Å². The summed E-state index contributed by atoms with van der Waals surface area (Å²) in [7, 11) is 0. The van der Waals surface area contributed by atoms with E-state index in [1.54, 1.807) is 4.90 Å². The number of amides is 2. The molecule has 1 aliphatic heterocycles. The second-order valence-electron chi connectivity index (χ2n) is 8.92. The molecule has 0 unspecified atom stereocenters. The summed E-state index contributed by atoms with van der Waals surface area (Å²) in [4.78, 5) is 29.7. The van der Waals surface area contributed by atoms with Crippen LogP contribution in [-0.4, -0.2) is 41.9 Å². The average Bonchev–Trinajstić information content (AvgIpc) is 2.65. The molecule has 1 atom stereocenters. The second-order valence-corrected chi connectivity index (χ2v) is 8.92. The van der Waals surface area contributed by atoms with Crippen LogP contribution in [0.25, 0.3) is 0 Å². The Labute approximate surface area is 177 Å². The molecule has 0 spiro atoms. The van der Waals surface area contributed by atoms with E-state index in [0.29, 0.717) is 25.1 Å². The van der Waals surface area contributed by atoms with Gasteiger partial charge in [0, 0.05) is 41.8 Å². The van der Waals surface area contributed by atoms with E-state index in [2.05, 4.69) is 27.7 Å². The van der Waals surface area contributed by atoms with Gasteiger partial charge in [-0.05, 0) is 51.3 Å². The zero-order chi connectivity index (χ0) is 22.4. The Bertz CT molecular complexity index is 697. The molecule has 1 aromatic rings. The van der Waals surface area contributed by atoms with Crippen LogP contribution in [0.3, 0.4) is 0 Å². The van der Waals surface area contributed by atoms with Crippen molar-refractivity contribution in [1.82, 2.24) is 4.90 Å². The number of hydrogen-bond acceptors (Lipinski definition) is 3. The van der Waals surface area contributed by atoms with Crippen molar-refractivity contribution in [2.75, 3.05) is 18.0 Å². The van der Waals surface area contributed by atoms with Gasteiger partial charge in [0.1, 0.15) is 0 Å². The van der Waals surface area contributed by atoms with Crippen LogP contribution in [0, 0.1) is 5.41 Å². The minimum Gasteiger partial charge on any atom is -0.334 e. The molecule has 2 amide bonds. The highest BCUT2D eigenvalue weighted by atomic mass is 16.2. The van der Waals surface area contributed by atoms with Crippen molar-refractivity contribution in [2.45, 2.75) is 86.7 Å². The monoisotopic (exact) mass is 403 g/mol. The Hall–Kier alpha value is -1.88. The molecule has 5 heteroatoms. The molecular formula is C24H41N3O2. The van der Waals surface area contributed by atoms with Crippen molar-refractivity contribution in [3.05, 3.63) is 29.3 Å². The van der Waals surface area contributed by atoms with Crippen LogP contribution >= 0.6 is 0 Å². The van der Waals surface area contributed by atoms with Gasteiger partial charge < -0.3 is 15.5 Å². The third kappa shape index (κ3) is 5.81. The number of benzene rings is 1. The van der Waals surface area contributed by atoms with Gasteiger partial charge in [0.2, 0.25) is 5.91 Å². The molecule has 5 nitrogen and oxygen atoms in total. The lowest BCUT2D eigenvalue weighted by Gasteiger charge is -2.39. The molecule has 0 fully saturated rings. The number of anilines is 1. The largest absolute Gasteiger partial charge is 0.334 e. The fraction of sp³-hybridized carbons (Fsp3) is 0.667. The highest BCUT2D eigenvalue weighted by Gasteiger charge is 2.39. The highest BCUT2D eigenvalue weighted by molar-refractivity contribution is 6.02. The molecule has 1 aliphatic rings. The normalized spacial score (nSPS) is 16.1. The number of hydrogen-bond donors (Lipinski definition) is 1. The van der Waals surface area contributed by atoms with Crippen LogP contribution in [0.4, 0.5) is 5.69 Å². The third-order valence-electron chi connectivity index (χ3n) is 5.29. The summed E-state index contributed by atoms with van der Waals surface area (Å²) < 4.78 is 0. The Morgan fingerprint density at radius 1 is 1.21 bits per heavy atom. The van der Waals surface area contributed by atoms with Gasteiger partial charge in [-0.25, -0.2) is 0 Å². The van der Waals surface area contributed by atoms with Crippen LogP contribution in [0.2, 0.25) is 0 Å². The van der Waals surface area contributed by atoms with Gasteiger partial charge in [0.15, 0.2) is 0 Å². The topological polar surface area (TPSA) is 66.6 Å². The lowest BCUT2D eigenvalue weighted by Crippen LogP contribution is -2.48. The molecule has 164 valence electrons. The summed E-state index contributed by atoms with van der Waals surface area (Å²) >= 11 is 0. The molecule has 0 aliphatic carbocycles. The first-order valence-corrected chi connectivity index (χ1v) is 11.0. The molecular weight excluding hydrogens is 362 g/mol. The molecule has 0 radical (unpaired) electrons. The summed E-state index contributed by atoms with van der Waals surface area (Å²) in [6, 6.07) is 6.05. The van der Waals surface area contributed by atoms with E-state index in [0.717, 1.165) is 17.7 Å². The van der Waals surface area contributed by atoms with Crippen LogP contribution in [0.5, 0.6) is 0 Å². The molecule has 0 bridgehead atoms. The number of carbonyl (C=O) groups excluding carboxylic acids is 2. The Kier molecular flexibility index (Phi) is 9.34. The van der Waals surface area contributed by atoms with Crippen molar-refractivity contribution >= 4 is 17.5 Å². The highest BCUT2D eigenvalue weighted by Crippen LogP contribution is 2.38. The lowest BCUT2D eigenvalue weighted by molar-refractivity contribution is -0.127. The molecule has 0 saturated carbocycles. The van der Waals surface area contributed by atoms with Crippen LogP contribution in [0.1, 0.15) is 84.2 Å². The number of rotatable bonds is 6. The van der Waals surface area contributed by atoms with Gasteiger partial charge in [-0.3, -0.25) is 9.59 Å². The number of nitrogens with two attached hydrogens (primary N) is 1.